The van der Waals surface area contributed by atoms with Gasteiger partial charge in [0.1, 0.15) is 11.2 Å². The van der Waals surface area contributed by atoms with Crippen LogP contribution in [0, 0.1) is 6.92 Å². The Morgan fingerprint density at radius 2 is 1.97 bits per heavy atom. The molecule has 1 amide bonds. The van der Waals surface area contributed by atoms with E-state index < -0.39 is 0 Å². The molecule has 2 N–H and O–H groups in total. The molecule has 3 aliphatic heterocycles. The number of carbonyl (C=O) groups excluding carboxylic acids is 1. The predicted molar refractivity (Wildman–Crippen MR) is 113 cm³/mol. The number of nitrogens with zero attached hydrogens (tertiary/aromatic N) is 4. The van der Waals surface area contributed by atoms with E-state index in [1.165, 1.54) is 6.42 Å². The summed E-state index contributed by atoms with van der Waals surface area (Å²) < 4.78 is 1.81. The lowest BCUT2D eigenvalue weighted by Gasteiger charge is -2.37. The largest absolute Gasteiger partial charge is 0.336 e. The van der Waals surface area contributed by atoms with Crippen LogP contribution in [0.4, 0.5) is 0 Å². The summed E-state index contributed by atoms with van der Waals surface area (Å²) in [5.74, 6) is 0.285. The summed E-state index contributed by atoms with van der Waals surface area (Å²) in [4.78, 5) is 33.2. The van der Waals surface area contributed by atoms with Gasteiger partial charge in [0.15, 0.2) is 0 Å². The SMILES string of the molecule is Cc1nn2c(C3CCNCC3)cc(=O)[nH]c2c1C(=O)N1CCN2CCCC2C1.Cl. The third-order valence-corrected chi connectivity index (χ3v) is 6.67. The maximum Gasteiger partial charge on any atom is 0.259 e. The number of hydrogen-bond donors (Lipinski definition) is 2. The Hall–Kier alpha value is -1.90. The van der Waals surface area contributed by atoms with Crippen molar-refractivity contribution in [2.45, 2.75) is 44.6 Å². The first-order chi connectivity index (χ1) is 13.6. The molecular formula is C20H29ClN6O2. The monoisotopic (exact) mass is 420 g/mol. The van der Waals surface area contributed by atoms with Crippen LogP contribution in [-0.4, -0.2) is 75.6 Å². The number of aromatic amines is 1. The van der Waals surface area contributed by atoms with Gasteiger partial charge in [-0.3, -0.25) is 14.5 Å². The van der Waals surface area contributed by atoms with Gasteiger partial charge in [0, 0.05) is 37.7 Å². The van der Waals surface area contributed by atoms with E-state index in [1.54, 1.807) is 6.07 Å². The van der Waals surface area contributed by atoms with Crippen LogP contribution in [0.3, 0.4) is 0 Å². The highest BCUT2D eigenvalue weighted by Crippen LogP contribution is 2.27. The van der Waals surface area contributed by atoms with Crippen LogP contribution in [0.25, 0.3) is 5.65 Å². The maximum atomic E-state index is 13.4. The van der Waals surface area contributed by atoms with E-state index in [-0.39, 0.29) is 29.8 Å². The normalized spacial score (nSPS) is 23.2. The number of halogens is 1. The molecule has 5 rings (SSSR count). The highest BCUT2D eigenvalue weighted by atomic mass is 35.5. The van der Waals surface area contributed by atoms with Gasteiger partial charge in [-0.15, -0.1) is 12.4 Å². The van der Waals surface area contributed by atoms with Crippen molar-refractivity contribution in [1.82, 2.24) is 29.7 Å². The minimum Gasteiger partial charge on any atom is -0.336 e. The van der Waals surface area contributed by atoms with Crippen molar-refractivity contribution in [2.75, 3.05) is 39.3 Å². The summed E-state index contributed by atoms with van der Waals surface area (Å²) in [5, 5.41) is 8.04. The van der Waals surface area contributed by atoms with Gasteiger partial charge < -0.3 is 15.2 Å². The number of amides is 1. The summed E-state index contributed by atoms with van der Waals surface area (Å²) >= 11 is 0. The van der Waals surface area contributed by atoms with Crippen LogP contribution < -0.4 is 10.9 Å². The van der Waals surface area contributed by atoms with Crippen LogP contribution >= 0.6 is 12.4 Å². The molecule has 5 heterocycles. The molecule has 0 aliphatic carbocycles. The van der Waals surface area contributed by atoms with Gasteiger partial charge in [0.05, 0.1) is 11.4 Å². The highest BCUT2D eigenvalue weighted by Gasteiger charge is 2.34. The van der Waals surface area contributed by atoms with Crippen molar-refractivity contribution in [3.05, 3.63) is 33.4 Å². The number of aryl methyl sites for hydroxylation is 1. The molecule has 2 aromatic rings. The molecule has 158 valence electrons. The van der Waals surface area contributed by atoms with Gasteiger partial charge >= 0.3 is 0 Å². The highest BCUT2D eigenvalue weighted by molar-refractivity contribution is 6.01. The van der Waals surface area contributed by atoms with E-state index in [2.05, 4.69) is 20.3 Å². The molecule has 8 nitrogen and oxygen atoms in total. The molecule has 0 spiro atoms. The molecule has 9 heteroatoms. The number of H-pyrrole nitrogens is 1. The third kappa shape index (κ3) is 3.58. The second-order valence-corrected chi connectivity index (χ2v) is 8.39. The fourth-order valence-corrected chi connectivity index (χ4v) is 5.18. The zero-order chi connectivity index (χ0) is 19.3. The molecule has 0 saturated carbocycles. The van der Waals surface area contributed by atoms with Crippen molar-refractivity contribution >= 4 is 24.0 Å². The molecule has 2 aromatic heterocycles. The van der Waals surface area contributed by atoms with Crippen molar-refractivity contribution in [2.24, 2.45) is 0 Å². The first-order valence-electron chi connectivity index (χ1n) is 10.5. The van der Waals surface area contributed by atoms with E-state index in [0.29, 0.717) is 22.9 Å². The Balaban J connectivity index is 0.00000205. The van der Waals surface area contributed by atoms with E-state index in [9.17, 15) is 9.59 Å². The van der Waals surface area contributed by atoms with Crippen molar-refractivity contribution in [1.29, 1.82) is 0 Å². The number of piperazine rings is 1. The van der Waals surface area contributed by atoms with Crippen LogP contribution in [0.2, 0.25) is 0 Å². The lowest BCUT2D eigenvalue weighted by molar-refractivity contribution is 0.0572. The first kappa shape index (κ1) is 20.4. The lowest BCUT2D eigenvalue weighted by Crippen LogP contribution is -2.52. The lowest BCUT2D eigenvalue weighted by atomic mass is 9.94. The predicted octanol–water partition coefficient (Wildman–Crippen LogP) is 1.14. The summed E-state index contributed by atoms with van der Waals surface area (Å²) in [6, 6.07) is 2.13. The van der Waals surface area contributed by atoms with E-state index in [4.69, 9.17) is 0 Å². The minimum atomic E-state index is -0.157. The van der Waals surface area contributed by atoms with Crippen molar-refractivity contribution < 1.29 is 4.79 Å². The number of fused-ring (bicyclic) bond motifs is 2. The smallest absolute Gasteiger partial charge is 0.259 e. The Bertz CT molecular complexity index is 964. The molecule has 0 radical (unpaired) electrons. The van der Waals surface area contributed by atoms with Crippen LogP contribution in [0.1, 0.15) is 53.3 Å². The van der Waals surface area contributed by atoms with Gasteiger partial charge in [-0.05, 0) is 52.2 Å². The van der Waals surface area contributed by atoms with Gasteiger partial charge in [0.2, 0.25) is 0 Å². The summed E-state index contributed by atoms with van der Waals surface area (Å²) in [7, 11) is 0. The van der Waals surface area contributed by atoms with Crippen molar-refractivity contribution in [3.8, 4) is 0 Å². The average molecular weight is 421 g/mol. The van der Waals surface area contributed by atoms with Crippen molar-refractivity contribution in [3.63, 3.8) is 0 Å². The summed E-state index contributed by atoms with van der Waals surface area (Å²) in [5.41, 5.74) is 2.56. The zero-order valence-electron chi connectivity index (χ0n) is 16.8. The van der Waals surface area contributed by atoms with Gasteiger partial charge in [-0.25, -0.2) is 4.52 Å². The number of piperidine rings is 1. The molecule has 3 fully saturated rings. The van der Waals surface area contributed by atoms with Crippen LogP contribution in [-0.2, 0) is 0 Å². The molecule has 0 aromatic carbocycles. The van der Waals surface area contributed by atoms with E-state index in [0.717, 1.165) is 64.2 Å². The standard InChI is InChI=1S/C20H28N6O2.ClH/c1-13-18(20(28)25-10-9-24-8-2-3-15(24)12-25)19-22-17(27)11-16(26(19)23-13)14-4-6-21-7-5-14;/h11,14-15,21H,2-10,12H2,1H3,(H,22,27);1H. The molecule has 3 saturated heterocycles. The fourth-order valence-electron chi connectivity index (χ4n) is 5.18. The fraction of sp³-hybridized carbons (Fsp3) is 0.650. The van der Waals surface area contributed by atoms with Gasteiger partial charge in [-0.1, -0.05) is 0 Å². The topological polar surface area (TPSA) is 85.7 Å². The van der Waals surface area contributed by atoms with Gasteiger partial charge in [-0.2, -0.15) is 5.10 Å². The molecule has 0 bridgehead atoms. The number of hydrogen-bond acceptors (Lipinski definition) is 5. The quantitative estimate of drug-likeness (QED) is 0.761. The summed E-state index contributed by atoms with van der Waals surface area (Å²) in [6.07, 6.45) is 4.33. The van der Waals surface area contributed by atoms with E-state index in [1.807, 2.05) is 16.3 Å². The molecular weight excluding hydrogens is 392 g/mol. The second kappa shape index (κ2) is 8.08. The molecule has 3 aliphatic rings. The number of nitrogens with one attached hydrogen (secondary N) is 2. The second-order valence-electron chi connectivity index (χ2n) is 8.39. The molecule has 1 unspecified atom stereocenters. The van der Waals surface area contributed by atoms with Crippen LogP contribution in [0.15, 0.2) is 10.9 Å². The summed E-state index contributed by atoms with van der Waals surface area (Å²) in [6.45, 7) is 7.35. The van der Waals surface area contributed by atoms with E-state index >= 15 is 0 Å². The number of aromatic nitrogens is 3. The van der Waals surface area contributed by atoms with Crippen LogP contribution in [0.5, 0.6) is 0 Å². The first-order valence-corrected chi connectivity index (χ1v) is 10.5. The Labute approximate surface area is 176 Å². The number of rotatable bonds is 2. The maximum absolute atomic E-state index is 13.4. The average Bonchev–Trinajstić information content (AvgIpc) is 3.30. The van der Waals surface area contributed by atoms with Gasteiger partial charge in [0.25, 0.3) is 11.5 Å². The molecule has 29 heavy (non-hydrogen) atoms. The zero-order valence-corrected chi connectivity index (χ0v) is 17.6. The Morgan fingerprint density at radius 3 is 2.76 bits per heavy atom. The minimum absolute atomic E-state index is 0. The molecule has 1 atom stereocenters. The Kier molecular flexibility index (Phi) is 5.68. The third-order valence-electron chi connectivity index (χ3n) is 6.67. The Morgan fingerprint density at radius 1 is 1.17 bits per heavy atom. The number of carbonyl (C=O) groups is 1.